The molecule has 33 heavy (non-hydrogen) atoms. The Bertz CT molecular complexity index is 734. The number of hydrogen-bond acceptors (Lipinski definition) is 3. The number of nitrogens with zero attached hydrogens (tertiary/aromatic N) is 3. The monoisotopic (exact) mass is 463 g/mol. The Kier molecular flexibility index (Phi) is 9.48. The summed E-state index contributed by atoms with van der Waals surface area (Å²) in [5.74, 6) is 1.71. The van der Waals surface area contributed by atoms with Crippen molar-refractivity contribution in [3.63, 3.8) is 0 Å². The van der Waals surface area contributed by atoms with Crippen molar-refractivity contribution in [3.05, 3.63) is 11.9 Å². The van der Waals surface area contributed by atoms with E-state index in [0.29, 0.717) is 17.8 Å². The lowest BCUT2D eigenvalue weighted by atomic mass is 9.67. The van der Waals surface area contributed by atoms with Gasteiger partial charge in [0.2, 0.25) is 0 Å². The fourth-order valence-electron chi connectivity index (χ4n) is 4.19. The Hall–Kier alpha value is -0.900. The summed E-state index contributed by atoms with van der Waals surface area (Å²) in [5.41, 5.74) is 1.29. The van der Waals surface area contributed by atoms with Crippen LogP contribution in [0.3, 0.4) is 0 Å². The van der Waals surface area contributed by atoms with Gasteiger partial charge in [0.05, 0.1) is 16.8 Å². The molecule has 0 radical (unpaired) electrons. The molecule has 0 amide bonds. The summed E-state index contributed by atoms with van der Waals surface area (Å²) in [6, 6.07) is 0. The van der Waals surface area contributed by atoms with Crippen molar-refractivity contribution in [2.75, 3.05) is 6.61 Å². The lowest BCUT2D eigenvalue weighted by Gasteiger charge is -2.41. The molecule has 2 atom stereocenters. The van der Waals surface area contributed by atoms with E-state index in [-0.39, 0.29) is 27.4 Å². The minimum atomic E-state index is -0.194. The van der Waals surface area contributed by atoms with Gasteiger partial charge in [-0.1, -0.05) is 81.4 Å². The van der Waals surface area contributed by atoms with Crippen LogP contribution >= 0.6 is 0 Å². The van der Waals surface area contributed by atoms with Gasteiger partial charge in [-0.15, -0.1) is 5.10 Å². The minimum Gasteiger partial charge on any atom is -0.375 e. The molecule has 0 saturated carbocycles. The van der Waals surface area contributed by atoms with Crippen molar-refractivity contribution in [1.82, 2.24) is 15.0 Å². The topological polar surface area (TPSA) is 39.9 Å². The number of rotatable bonds is 12. The van der Waals surface area contributed by atoms with Gasteiger partial charge < -0.3 is 4.74 Å². The molecule has 0 bridgehead atoms. The lowest BCUT2D eigenvalue weighted by molar-refractivity contribution is -0.0798. The Morgan fingerprint density at radius 2 is 1.39 bits per heavy atom. The zero-order valence-electron chi connectivity index (χ0n) is 24.9. The van der Waals surface area contributed by atoms with Gasteiger partial charge in [0.15, 0.2) is 0 Å². The molecule has 1 aromatic rings. The van der Waals surface area contributed by atoms with Crippen LogP contribution in [0.15, 0.2) is 6.20 Å². The van der Waals surface area contributed by atoms with E-state index in [2.05, 4.69) is 125 Å². The second kappa shape index (κ2) is 10.4. The van der Waals surface area contributed by atoms with E-state index in [9.17, 15) is 0 Å². The maximum absolute atomic E-state index is 6.48. The van der Waals surface area contributed by atoms with Crippen molar-refractivity contribution in [2.24, 2.45) is 28.6 Å². The van der Waals surface area contributed by atoms with Gasteiger partial charge in [-0.2, -0.15) is 0 Å². The second-order valence-corrected chi connectivity index (χ2v) is 14.6. The molecule has 0 N–H and O–H groups in total. The van der Waals surface area contributed by atoms with Gasteiger partial charge in [0.25, 0.3) is 0 Å². The maximum atomic E-state index is 6.48. The highest BCUT2D eigenvalue weighted by Gasteiger charge is 2.37. The summed E-state index contributed by atoms with van der Waals surface area (Å²) in [5, 5.41) is 9.21. The van der Waals surface area contributed by atoms with Crippen molar-refractivity contribution in [3.8, 4) is 0 Å². The van der Waals surface area contributed by atoms with Crippen LogP contribution in [0.4, 0.5) is 0 Å². The predicted molar refractivity (Wildman–Crippen MR) is 143 cm³/mol. The quantitative estimate of drug-likeness (QED) is 0.313. The average molecular weight is 464 g/mol. The zero-order chi connectivity index (χ0) is 26.0. The van der Waals surface area contributed by atoms with E-state index in [0.717, 1.165) is 31.6 Å². The summed E-state index contributed by atoms with van der Waals surface area (Å²) in [4.78, 5) is 0. The van der Waals surface area contributed by atoms with E-state index in [4.69, 9.17) is 4.74 Å². The van der Waals surface area contributed by atoms with Crippen LogP contribution < -0.4 is 0 Å². The van der Waals surface area contributed by atoms with Crippen LogP contribution in [0.25, 0.3) is 0 Å². The molecule has 0 fully saturated rings. The molecule has 1 aromatic heterocycles. The Labute approximate surface area is 206 Å². The molecular formula is C29H57N3O. The fraction of sp³-hybridized carbons (Fsp3) is 0.931. The van der Waals surface area contributed by atoms with Gasteiger partial charge in [-0.25, -0.2) is 4.68 Å². The first-order valence-corrected chi connectivity index (χ1v) is 13.2. The van der Waals surface area contributed by atoms with Crippen LogP contribution in [-0.4, -0.2) is 27.2 Å². The first-order chi connectivity index (χ1) is 14.6. The molecule has 4 heteroatoms. The molecular weight excluding hydrogens is 406 g/mol. The van der Waals surface area contributed by atoms with Gasteiger partial charge >= 0.3 is 0 Å². The predicted octanol–water partition coefficient (Wildman–Crippen LogP) is 8.26. The zero-order valence-corrected chi connectivity index (χ0v) is 24.9. The Balaban J connectivity index is 2.84. The highest BCUT2D eigenvalue weighted by molar-refractivity contribution is 5.10. The number of aromatic nitrogens is 3. The summed E-state index contributed by atoms with van der Waals surface area (Å²) in [6.07, 6.45) is 5.34. The molecule has 0 aliphatic carbocycles. The summed E-state index contributed by atoms with van der Waals surface area (Å²) in [7, 11) is 0. The molecule has 4 nitrogen and oxygen atoms in total. The lowest BCUT2D eigenvalue weighted by Crippen LogP contribution is -2.40. The number of ether oxygens (including phenoxy) is 1. The SMILES string of the molecule is CC(C)C(C)CC(C)(C)c1cn(C(C)(C)CC(C)C(C)(C)OCCC(C)(C)C(C)(C)C)nn1. The van der Waals surface area contributed by atoms with Crippen LogP contribution in [0.5, 0.6) is 0 Å². The smallest absolute Gasteiger partial charge is 0.0883 e. The largest absolute Gasteiger partial charge is 0.375 e. The van der Waals surface area contributed by atoms with Crippen LogP contribution in [0.1, 0.15) is 129 Å². The molecule has 0 aliphatic heterocycles. The molecule has 1 rings (SSSR count). The second-order valence-electron chi connectivity index (χ2n) is 14.6. The standard InChI is InChI=1S/C29H57N3O/c1-21(2)22(3)18-26(8,9)24-20-32(31-30-24)28(12,13)19-23(4)29(14,15)33-17-16-27(10,11)25(5,6)7/h20-23H,16-19H2,1-15H3. The highest BCUT2D eigenvalue weighted by atomic mass is 16.5. The summed E-state index contributed by atoms with van der Waals surface area (Å²) in [6.45, 7) is 35.3. The average Bonchev–Trinajstić information content (AvgIpc) is 3.11. The molecule has 0 aliphatic rings. The van der Waals surface area contributed by atoms with E-state index in [1.54, 1.807) is 0 Å². The molecule has 0 spiro atoms. The maximum Gasteiger partial charge on any atom is 0.0883 e. The molecule has 2 unspecified atom stereocenters. The highest BCUT2D eigenvalue weighted by Crippen LogP contribution is 2.41. The summed E-state index contributed by atoms with van der Waals surface area (Å²) < 4.78 is 8.57. The van der Waals surface area contributed by atoms with Crippen LogP contribution in [0, 0.1) is 28.6 Å². The van der Waals surface area contributed by atoms with Crippen LogP contribution in [-0.2, 0) is 15.7 Å². The first kappa shape index (κ1) is 30.1. The Morgan fingerprint density at radius 1 is 0.848 bits per heavy atom. The van der Waals surface area contributed by atoms with Crippen molar-refractivity contribution >= 4 is 0 Å². The van der Waals surface area contributed by atoms with Gasteiger partial charge in [-0.3, -0.25) is 0 Å². The third-order valence-corrected chi connectivity index (χ3v) is 9.00. The van der Waals surface area contributed by atoms with Crippen molar-refractivity contribution in [1.29, 1.82) is 0 Å². The van der Waals surface area contributed by atoms with Crippen molar-refractivity contribution in [2.45, 2.75) is 140 Å². The van der Waals surface area contributed by atoms with Gasteiger partial charge in [0, 0.05) is 18.2 Å². The van der Waals surface area contributed by atoms with E-state index in [1.807, 2.05) is 0 Å². The van der Waals surface area contributed by atoms with Gasteiger partial charge in [-0.05, 0) is 75.5 Å². The normalized spacial score (nSPS) is 16.4. The van der Waals surface area contributed by atoms with Crippen LogP contribution in [0.2, 0.25) is 0 Å². The van der Waals surface area contributed by atoms with Gasteiger partial charge in [0.1, 0.15) is 0 Å². The Morgan fingerprint density at radius 3 is 1.88 bits per heavy atom. The summed E-state index contributed by atoms with van der Waals surface area (Å²) >= 11 is 0. The van der Waals surface area contributed by atoms with Crippen molar-refractivity contribution < 1.29 is 4.74 Å². The fourth-order valence-corrected chi connectivity index (χ4v) is 4.19. The third-order valence-electron chi connectivity index (χ3n) is 9.00. The molecule has 1 heterocycles. The van der Waals surface area contributed by atoms with E-state index >= 15 is 0 Å². The van der Waals surface area contributed by atoms with E-state index < -0.39 is 0 Å². The number of hydrogen-bond donors (Lipinski definition) is 0. The molecule has 0 saturated heterocycles. The third kappa shape index (κ3) is 8.08. The first-order valence-electron chi connectivity index (χ1n) is 13.2. The molecule has 0 aromatic carbocycles. The minimum absolute atomic E-state index is 0.0197. The van der Waals surface area contributed by atoms with E-state index in [1.165, 1.54) is 0 Å². The molecule has 194 valence electrons.